The average Bonchev–Trinajstić information content (AvgIpc) is 2.84. The van der Waals surface area contributed by atoms with Gasteiger partial charge >= 0.3 is 17.9 Å². The summed E-state index contributed by atoms with van der Waals surface area (Å²) in [7, 11) is 0. The number of allylic oxidation sites excluding steroid dienone is 2. The van der Waals surface area contributed by atoms with Gasteiger partial charge in [0.1, 0.15) is 17.8 Å². The third-order valence-corrected chi connectivity index (χ3v) is 4.77. The first-order chi connectivity index (χ1) is 12.9. The lowest BCUT2D eigenvalue weighted by atomic mass is 9.82. The molecule has 1 aliphatic carbocycles. The third-order valence-electron chi connectivity index (χ3n) is 4.77. The van der Waals surface area contributed by atoms with Gasteiger partial charge in [-0.1, -0.05) is 20.4 Å². The topological polar surface area (TPSA) is 96.0 Å². The van der Waals surface area contributed by atoms with Gasteiger partial charge in [-0.25, -0.2) is 4.79 Å². The van der Waals surface area contributed by atoms with Crippen molar-refractivity contribution < 1.29 is 33.4 Å². The van der Waals surface area contributed by atoms with Gasteiger partial charge in [0.05, 0.1) is 11.8 Å². The van der Waals surface area contributed by atoms with Crippen LogP contribution in [-0.4, -0.2) is 41.5 Å². The summed E-state index contributed by atoms with van der Waals surface area (Å²) in [6, 6.07) is 0. The van der Waals surface area contributed by atoms with Crippen molar-refractivity contribution in [1.29, 1.82) is 0 Å². The van der Waals surface area contributed by atoms with Gasteiger partial charge in [0.15, 0.2) is 5.78 Å². The van der Waals surface area contributed by atoms with Crippen LogP contribution < -0.4 is 0 Å². The lowest BCUT2D eigenvalue weighted by Gasteiger charge is -2.34. The molecule has 0 N–H and O–H groups in total. The van der Waals surface area contributed by atoms with Crippen molar-refractivity contribution in [2.75, 3.05) is 0 Å². The smallest absolute Gasteiger partial charge is 0.334 e. The lowest BCUT2D eigenvalue weighted by Crippen LogP contribution is -2.42. The van der Waals surface area contributed by atoms with E-state index in [0.717, 1.165) is 0 Å². The van der Waals surface area contributed by atoms with E-state index in [1.165, 1.54) is 25.2 Å². The summed E-state index contributed by atoms with van der Waals surface area (Å²) < 4.78 is 16.5. The van der Waals surface area contributed by atoms with Gasteiger partial charge in [-0.15, -0.1) is 0 Å². The lowest BCUT2D eigenvalue weighted by molar-refractivity contribution is -0.163. The first kappa shape index (κ1) is 21.6. The Bertz CT molecular complexity index is 774. The molecule has 1 heterocycles. The zero-order chi connectivity index (χ0) is 21.2. The van der Waals surface area contributed by atoms with E-state index in [9.17, 15) is 19.2 Å². The van der Waals surface area contributed by atoms with E-state index < -0.39 is 47.6 Å². The highest BCUT2D eigenvalue weighted by molar-refractivity contribution is 6.03. The Balaban J connectivity index is 2.56. The first-order valence-electron chi connectivity index (χ1n) is 9.15. The molecule has 1 aliphatic heterocycles. The summed E-state index contributed by atoms with van der Waals surface area (Å²) in [6.07, 6.45) is 2.72. The number of fused-ring (bicyclic) bond motifs is 1. The summed E-state index contributed by atoms with van der Waals surface area (Å²) >= 11 is 0. The van der Waals surface area contributed by atoms with Crippen LogP contribution in [0, 0.1) is 11.8 Å². The van der Waals surface area contributed by atoms with Gasteiger partial charge in [-0.05, 0) is 37.6 Å². The van der Waals surface area contributed by atoms with Crippen LogP contribution in [0.5, 0.6) is 0 Å². The molecule has 2 aliphatic rings. The standard InChI is InChI=1S/C21H26O7/c1-11(2)19(24)27-17-10-21(6,28-14(5)22)8-7-15(23)12(3)9-16-18(17)13(4)20(25)26-16/h7-9,11,16-18H,4,10H2,1-3,5-6H3/b8-7+,12-9-/t16-,17-,18+,21+/m1/s1. The van der Waals surface area contributed by atoms with E-state index in [-0.39, 0.29) is 17.8 Å². The van der Waals surface area contributed by atoms with Crippen LogP contribution in [0.15, 0.2) is 36.0 Å². The van der Waals surface area contributed by atoms with Crippen molar-refractivity contribution in [2.24, 2.45) is 11.8 Å². The molecular formula is C21H26O7. The van der Waals surface area contributed by atoms with Crippen LogP contribution in [0.3, 0.4) is 0 Å². The molecule has 0 saturated carbocycles. The van der Waals surface area contributed by atoms with E-state index in [1.807, 2.05) is 0 Å². The largest absolute Gasteiger partial charge is 0.461 e. The minimum absolute atomic E-state index is 0.0402. The molecule has 0 bridgehead atoms. The molecule has 1 saturated heterocycles. The summed E-state index contributed by atoms with van der Waals surface area (Å²) in [6.45, 7) is 11.6. The molecule has 0 amide bonds. The van der Waals surface area contributed by atoms with Crippen LogP contribution in [0.1, 0.15) is 41.0 Å². The number of hydrogen-bond acceptors (Lipinski definition) is 7. The molecule has 0 aromatic carbocycles. The maximum atomic E-state index is 12.4. The quantitative estimate of drug-likeness (QED) is 0.415. The molecule has 28 heavy (non-hydrogen) atoms. The minimum Gasteiger partial charge on any atom is -0.461 e. The number of rotatable bonds is 3. The highest BCUT2D eigenvalue weighted by atomic mass is 16.6. The molecule has 7 nitrogen and oxygen atoms in total. The molecule has 2 rings (SSSR count). The SMILES string of the molecule is C=C1C(=O)O[C@@H]2/C=C(/C)C(=O)/C=C/[C@](C)(OC(C)=O)C[C@@H](OC(=O)C(C)C)[C@@H]12. The maximum Gasteiger partial charge on any atom is 0.334 e. The number of ether oxygens (including phenoxy) is 3. The van der Waals surface area contributed by atoms with Crippen LogP contribution in [-0.2, 0) is 33.4 Å². The molecule has 0 unspecified atom stereocenters. The monoisotopic (exact) mass is 390 g/mol. The van der Waals surface area contributed by atoms with Crippen molar-refractivity contribution in [3.8, 4) is 0 Å². The molecular weight excluding hydrogens is 364 g/mol. The molecule has 0 radical (unpaired) electrons. The fraction of sp³-hybridized carbons (Fsp3) is 0.524. The predicted molar refractivity (Wildman–Crippen MR) is 99.9 cm³/mol. The normalized spacial score (nSPS) is 33.4. The van der Waals surface area contributed by atoms with E-state index in [2.05, 4.69) is 6.58 Å². The van der Waals surface area contributed by atoms with Crippen molar-refractivity contribution >= 4 is 23.7 Å². The number of ketones is 1. The number of carbonyl (C=O) groups is 4. The van der Waals surface area contributed by atoms with Crippen molar-refractivity contribution in [2.45, 2.75) is 58.8 Å². The van der Waals surface area contributed by atoms with Gasteiger partial charge in [0, 0.05) is 18.9 Å². The molecule has 0 spiro atoms. The van der Waals surface area contributed by atoms with Crippen LogP contribution >= 0.6 is 0 Å². The second kappa shape index (κ2) is 8.12. The Labute approximate surface area is 164 Å². The van der Waals surface area contributed by atoms with Crippen molar-refractivity contribution in [1.82, 2.24) is 0 Å². The van der Waals surface area contributed by atoms with Gasteiger partial charge in [-0.3, -0.25) is 14.4 Å². The van der Waals surface area contributed by atoms with Crippen LogP contribution in [0.4, 0.5) is 0 Å². The average molecular weight is 390 g/mol. The van der Waals surface area contributed by atoms with Gasteiger partial charge in [0.2, 0.25) is 0 Å². The molecule has 152 valence electrons. The molecule has 1 fully saturated rings. The van der Waals surface area contributed by atoms with Crippen LogP contribution in [0.25, 0.3) is 0 Å². The Hall–Kier alpha value is -2.70. The number of hydrogen-bond donors (Lipinski definition) is 0. The van der Waals surface area contributed by atoms with E-state index in [4.69, 9.17) is 14.2 Å². The highest BCUT2D eigenvalue weighted by Crippen LogP contribution is 2.38. The van der Waals surface area contributed by atoms with Crippen LogP contribution in [0.2, 0.25) is 0 Å². The van der Waals surface area contributed by atoms with E-state index in [0.29, 0.717) is 5.57 Å². The van der Waals surface area contributed by atoms with Gasteiger partial charge in [0.25, 0.3) is 0 Å². The Morgan fingerprint density at radius 1 is 1.32 bits per heavy atom. The Kier molecular flexibility index (Phi) is 6.27. The first-order valence-corrected chi connectivity index (χ1v) is 9.15. The molecule has 4 atom stereocenters. The zero-order valence-corrected chi connectivity index (χ0v) is 16.8. The van der Waals surface area contributed by atoms with E-state index >= 15 is 0 Å². The summed E-state index contributed by atoms with van der Waals surface area (Å²) in [5, 5.41) is 0. The van der Waals surface area contributed by atoms with Crippen molar-refractivity contribution in [3.05, 3.63) is 36.0 Å². The Morgan fingerprint density at radius 3 is 2.54 bits per heavy atom. The number of carbonyl (C=O) groups excluding carboxylic acids is 4. The maximum absolute atomic E-state index is 12.4. The highest BCUT2D eigenvalue weighted by Gasteiger charge is 2.47. The summed E-state index contributed by atoms with van der Waals surface area (Å²) in [4.78, 5) is 48.5. The van der Waals surface area contributed by atoms with Gasteiger partial charge in [-0.2, -0.15) is 0 Å². The second-order valence-corrected chi connectivity index (χ2v) is 7.71. The molecule has 0 aromatic heterocycles. The van der Waals surface area contributed by atoms with E-state index in [1.54, 1.807) is 27.7 Å². The fourth-order valence-corrected chi connectivity index (χ4v) is 3.29. The zero-order valence-electron chi connectivity index (χ0n) is 16.8. The second-order valence-electron chi connectivity index (χ2n) is 7.71. The fourth-order valence-electron chi connectivity index (χ4n) is 3.29. The number of esters is 3. The Morgan fingerprint density at radius 2 is 1.96 bits per heavy atom. The molecule has 0 aromatic rings. The summed E-state index contributed by atoms with van der Waals surface area (Å²) in [5.74, 6) is -3.01. The van der Waals surface area contributed by atoms with Gasteiger partial charge < -0.3 is 14.2 Å². The minimum atomic E-state index is -1.22. The third kappa shape index (κ3) is 4.77. The predicted octanol–water partition coefficient (Wildman–Crippen LogP) is 2.45. The summed E-state index contributed by atoms with van der Waals surface area (Å²) in [5.41, 5.74) is -0.718. The van der Waals surface area contributed by atoms with Crippen molar-refractivity contribution in [3.63, 3.8) is 0 Å². The molecule has 7 heteroatoms.